The number of rotatable bonds is 12. The molecular formula is C38H36N8O2S3+2. The number of hydrogen-bond acceptors (Lipinski definition) is 7. The normalized spacial score (nSPS) is 11.5. The van der Waals surface area contributed by atoms with E-state index in [1.54, 1.807) is 45.6 Å². The lowest BCUT2D eigenvalue weighted by molar-refractivity contribution is -0.611. The van der Waals surface area contributed by atoms with Crippen molar-refractivity contribution in [3.8, 4) is 34.8 Å². The van der Waals surface area contributed by atoms with Gasteiger partial charge in [-0.1, -0.05) is 31.6 Å². The van der Waals surface area contributed by atoms with Crippen LogP contribution >= 0.6 is 31.4 Å². The number of H-pyrrole nitrogens is 2. The number of nitrogens with zero attached hydrogens (tertiary/aromatic N) is 6. The van der Waals surface area contributed by atoms with Gasteiger partial charge in [0, 0.05) is 71.6 Å². The first-order valence-electron chi connectivity index (χ1n) is 16.3. The minimum absolute atomic E-state index is 0.747. The molecule has 0 aliphatic heterocycles. The number of methoxy groups -OCH3 is 2. The fourth-order valence-corrected chi connectivity index (χ4v) is 10.0. The summed E-state index contributed by atoms with van der Waals surface area (Å²) >= 11 is 0. The van der Waals surface area contributed by atoms with Gasteiger partial charge in [0.15, 0.2) is 11.0 Å². The molecule has 10 nitrogen and oxygen atoms in total. The molecule has 6 heterocycles. The number of hydrogen-bond donors (Lipinski definition) is 2. The van der Waals surface area contributed by atoms with Gasteiger partial charge >= 0.3 is 11.9 Å². The smallest absolute Gasteiger partial charge is 0.402 e. The van der Waals surface area contributed by atoms with E-state index in [0.717, 1.165) is 90.9 Å². The Balaban J connectivity index is 1.01. The van der Waals surface area contributed by atoms with Crippen LogP contribution < -0.4 is 18.6 Å². The second kappa shape index (κ2) is 14.3. The quantitative estimate of drug-likeness (QED) is 0.0749. The molecule has 0 atom stereocenters. The molecule has 0 spiro atoms. The highest BCUT2D eigenvalue weighted by molar-refractivity contribution is 9.09. The second-order valence-electron chi connectivity index (χ2n) is 11.9. The van der Waals surface area contributed by atoms with E-state index in [4.69, 9.17) is 19.4 Å². The van der Waals surface area contributed by atoms with Crippen LogP contribution in [0.15, 0.2) is 110 Å². The molecule has 0 radical (unpaired) electrons. The molecule has 0 amide bonds. The van der Waals surface area contributed by atoms with Crippen LogP contribution in [-0.4, -0.2) is 43.3 Å². The van der Waals surface area contributed by atoms with E-state index in [0.29, 0.717) is 0 Å². The van der Waals surface area contributed by atoms with Crippen molar-refractivity contribution in [2.45, 2.75) is 25.4 Å². The molecule has 0 unspecified atom stereocenters. The van der Waals surface area contributed by atoms with Crippen molar-refractivity contribution in [3.05, 3.63) is 132 Å². The zero-order valence-corrected chi connectivity index (χ0v) is 31.0. The van der Waals surface area contributed by atoms with Crippen LogP contribution in [0.3, 0.4) is 0 Å². The van der Waals surface area contributed by atoms with E-state index in [9.17, 15) is 0 Å². The Kier molecular flexibility index (Phi) is 9.24. The summed E-state index contributed by atoms with van der Waals surface area (Å²) in [5.74, 6) is 4.74. The van der Waals surface area contributed by atoms with Gasteiger partial charge in [0.05, 0.1) is 38.1 Å². The van der Waals surface area contributed by atoms with Crippen LogP contribution in [-0.2, 0) is 11.5 Å². The molecule has 0 saturated heterocycles. The van der Waals surface area contributed by atoms with Crippen LogP contribution in [0, 0.1) is 13.8 Å². The molecule has 51 heavy (non-hydrogen) atoms. The molecule has 8 rings (SSSR count). The molecule has 0 aliphatic rings. The Morgan fingerprint density at radius 3 is 1.47 bits per heavy atom. The SMILES string of the molecule is COc1cc[n+](-c2nc3ccc(-n4cccc4)cc3[nH]2)c(CSSSCc2c(C)c(OC)cc[n+]2-c2nc3ccc(-n4cccc4)cc3[nH]2)c1C. The predicted molar refractivity (Wildman–Crippen MR) is 207 cm³/mol. The van der Waals surface area contributed by atoms with Crippen molar-refractivity contribution in [1.82, 2.24) is 29.1 Å². The van der Waals surface area contributed by atoms with Crippen molar-refractivity contribution in [3.63, 3.8) is 0 Å². The molecule has 8 aromatic rings. The summed E-state index contributed by atoms with van der Waals surface area (Å²) < 4.78 is 19.9. The van der Waals surface area contributed by atoms with Gasteiger partial charge in [-0.05, 0) is 72.2 Å². The Hall–Kier alpha value is -5.11. The lowest BCUT2D eigenvalue weighted by Crippen LogP contribution is -2.37. The Morgan fingerprint density at radius 1 is 0.627 bits per heavy atom. The number of benzene rings is 2. The van der Waals surface area contributed by atoms with Crippen molar-refractivity contribution in [2.24, 2.45) is 0 Å². The van der Waals surface area contributed by atoms with E-state index in [2.05, 4.69) is 78.5 Å². The Labute approximate surface area is 306 Å². The van der Waals surface area contributed by atoms with Crippen molar-refractivity contribution in [2.75, 3.05) is 14.2 Å². The average molecular weight is 733 g/mol. The standard InChI is InChI=1S/C38H36N8O2S3/c1-25-33(45(19-13-35(25)47-3)37-39-29-11-9-27(21-31(29)41-37)43-15-5-6-16-43)23-49-51-50-24-34-26(2)36(48-4)14-20-46(34)38-40-30-12-10-28(22-32(30)42-38)44-17-7-8-18-44/h5-22H,23-24H2,1-4H3,(H,39,41)(H,40,42)/q+2. The third-order valence-electron chi connectivity index (χ3n) is 9.03. The summed E-state index contributed by atoms with van der Waals surface area (Å²) in [6.45, 7) is 4.21. The van der Waals surface area contributed by atoms with E-state index in [1.165, 1.54) is 0 Å². The average Bonchev–Trinajstić information content (AvgIpc) is 3.98. The highest BCUT2D eigenvalue weighted by Gasteiger charge is 2.23. The van der Waals surface area contributed by atoms with Crippen LogP contribution in [0.25, 0.3) is 45.3 Å². The lowest BCUT2D eigenvalue weighted by Gasteiger charge is -2.13. The minimum Gasteiger partial charge on any atom is -0.496 e. The lowest BCUT2D eigenvalue weighted by atomic mass is 10.2. The van der Waals surface area contributed by atoms with Gasteiger partial charge in [-0.3, -0.25) is 0 Å². The molecule has 0 bridgehead atoms. The predicted octanol–water partition coefficient (Wildman–Crippen LogP) is 7.94. The Bertz CT molecular complexity index is 2300. The number of imidazole rings is 2. The number of pyridine rings is 2. The van der Waals surface area contributed by atoms with Gasteiger partial charge in [-0.15, -0.1) is 0 Å². The van der Waals surface area contributed by atoms with E-state index in [-0.39, 0.29) is 0 Å². The number of fused-ring (bicyclic) bond motifs is 2. The molecule has 0 fully saturated rings. The summed E-state index contributed by atoms with van der Waals surface area (Å²) in [6.07, 6.45) is 12.2. The molecule has 0 saturated carbocycles. The summed E-state index contributed by atoms with van der Waals surface area (Å²) in [6, 6.07) is 24.6. The molecule has 2 N–H and O–H groups in total. The van der Waals surface area contributed by atoms with Gasteiger partial charge in [0.25, 0.3) is 0 Å². The molecule has 2 aromatic carbocycles. The first-order chi connectivity index (χ1) is 25.0. The maximum Gasteiger partial charge on any atom is 0.402 e. The molecule has 6 aromatic heterocycles. The first-order valence-corrected chi connectivity index (χ1v) is 20.2. The van der Waals surface area contributed by atoms with Crippen LogP contribution in [0.1, 0.15) is 22.5 Å². The fraction of sp³-hybridized carbons (Fsp3) is 0.158. The monoisotopic (exact) mass is 732 g/mol. The number of nitrogens with one attached hydrogen (secondary N) is 2. The topological polar surface area (TPSA) is 93.4 Å². The number of ether oxygens (including phenoxy) is 2. The number of aromatic amines is 2. The Morgan fingerprint density at radius 2 is 1.06 bits per heavy atom. The largest absolute Gasteiger partial charge is 0.496 e. The van der Waals surface area contributed by atoms with Gasteiger partial charge < -0.3 is 18.6 Å². The van der Waals surface area contributed by atoms with Gasteiger partial charge in [0.2, 0.25) is 0 Å². The van der Waals surface area contributed by atoms with Crippen LogP contribution in [0.2, 0.25) is 0 Å². The second-order valence-corrected chi connectivity index (χ2v) is 16.2. The minimum atomic E-state index is 0.747. The molecule has 256 valence electrons. The summed E-state index contributed by atoms with van der Waals surface area (Å²) in [4.78, 5) is 17.0. The zero-order valence-electron chi connectivity index (χ0n) is 28.5. The van der Waals surface area contributed by atoms with E-state index >= 15 is 0 Å². The highest BCUT2D eigenvalue weighted by atomic mass is 33.5. The summed E-state index contributed by atoms with van der Waals surface area (Å²) in [5, 5.41) is 0. The van der Waals surface area contributed by atoms with Crippen molar-refractivity contribution in [1.29, 1.82) is 0 Å². The summed E-state index contributed by atoms with van der Waals surface area (Å²) in [7, 11) is 8.77. The third kappa shape index (κ3) is 6.48. The maximum atomic E-state index is 5.72. The fourth-order valence-electron chi connectivity index (χ4n) is 6.28. The third-order valence-corrected chi connectivity index (χ3v) is 13.0. The van der Waals surface area contributed by atoms with Crippen LogP contribution in [0.4, 0.5) is 0 Å². The van der Waals surface area contributed by atoms with Gasteiger partial charge in [-0.2, -0.15) is 0 Å². The zero-order chi connectivity index (χ0) is 34.9. The number of aromatic nitrogens is 8. The molecular weight excluding hydrogens is 697 g/mol. The van der Waals surface area contributed by atoms with E-state index < -0.39 is 0 Å². The van der Waals surface area contributed by atoms with Crippen molar-refractivity contribution < 1.29 is 18.6 Å². The van der Waals surface area contributed by atoms with Gasteiger partial charge in [0.1, 0.15) is 33.9 Å². The van der Waals surface area contributed by atoms with Gasteiger partial charge in [-0.25, -0.2) is 19.1 Å². The molecule has 0 aliphatic carbocycles. The summed E-state index contributed by atoms with van der Waals surface area (Å²) in [5.41, 5.74) is 10.3. The first kappa shape index (κ1) is 33.1. The van der Waals surface area contributed by atoms with E-state index in [1.807, 2.05) is 73.6 Å². The molecule has 13 heteroatoms. The highest BCUT2D eigenvalue weighted by Crippen LogP contribution is 2.40. The van der Waals surface area contributed by atoms with Crippen LogP contribution in [0.5, 0.6) is 11.5 Å². The van der Waals surface area contributed by atoms with Crippen molar-refractivity contribution >= 4 is 53.5 Å². The maximum absolute atomic E-state index is 5.72.